The lowest BCUT2D eigenvalue weighted by molar-refractivity contribution is -0.132. The second-order valence-electron chi connectivity index (χ2n) is 5.56. The van der Waals surface area contributed by atoms with Crippen LogP contribution < -0.4 is 5.19 Å². The average molecular weight is 264 g/mol. The molecule has 0 amide bonds. The molecule has 0 N–H and O–H groups in total. The molecule has 1 aromatic rings. The summed E-state index contributed by atoms with van der Waals surface area (Å²) in [4.78, 5) is 11.5. The Morgan fingerprint density at radius 3 is 1.83 bits per heavy atom. The van der Waals surface area contributed by atoms with E-state index in [4.69, 9.17) is 4.43 Å². The molecular formula is C15H24O2Si. The van der Waals surface area contributed by atoms with Crippen LogP contribution in [0.1, 0.15) is 40.2 Å². The first-order valence-corrected chi connectivity index (χ1v) is 8.63. The Labute approximate surface area is 111 Å². The highest BCUT2D eigenvalue weighted by molar-refractivity contribution is 6.89. The quantitative estimate of drug-likeness (QED) is 0.778. The maximum Gasteiger partial charge on any atom is 0.291 e. The number of aryl methyl sites for hydroxylation is 1. The van der Waals surface area contributed by atoms with Crippen molar-refractivity contribution in [3.8, 4) is 0 Å². The van der Waals surface area contributed by atoms with Crippen LogP contribution in [-0.2, 0) is 9.22 Å². The zero-order valence-electron chi connectivity index (χ0n) is 12.3. The van der Waals surface area contributed by atoms with Gasteiger partial charge in [-0.25, -0.2) is 0 Å². The molecule has 0 aromatic heterocycles. The lowest BCUT2D eigenvalue weighted by atomic mass is 10.2. The fourth-order valence-corrected chi connectivity index (χ4v) is 7.10. The third-order valence-corrected chi connectivity index (χ3v) is 8.82. The van der Waals surface area contributed by atoms with E-state index in [0.717, 1.165) is 0 Å². The van der Waals surface area contributed by atoms with Gasteiger partial charge in [-0.3, -0.25) is 4.79 Å². The molecule has 1 rings (SSSR count). The third kappa shape index (κ3) is 2.83. The molecular weight excluding hydrogens is 240 g/mol. The van der Waals surface area contributed by atoms with Gasteiger partial charge >= 0.3 is 0 Å². The molecule has 3 heteroatoms. The molecule has 0 saturated carbocycles. The Bertz CT molecular complexity index is 399. The largest absolute Gasteiger partial charge is 0.514 e. The van der Waals surface area contributed by atoms with E-state index >= 15 is 0 Å². The normalized spacial score (nSPS) is 12.0. The van der Waals surface area contributed by atoms with Gasteiger partial charge in [-0.05, 0) is 23.2 Å². The average Bonchev–Trinajstić information content (AvgIpc) is 2.26. The minimum absolute atomic E-state index is 0.162. The minimum Gasteiger partial charge on any atom is -0.514 e. The molecule has 0 spiro atoms. The van der Waals surface area contributed by atoms with Crippen LogP contribution in [0.4, 0.5) is 0 Å². The lowest BCUT2D eigenvalue weighted by Gasteiger charge is -2.38. The summed E-state index contributed by atoms with van der Waals surface area (Å²) < 4.78 is 5.89. The molecule has 0 fully saturated rings. The zero-order valence-corrected chi connectivity index (χ0v) is 13.3. The Hall–Kier alpha value is -1.09. The van der Waals surface area contributed by atoms with Gasteiger partial charge in [-0.2, -0.15) is 0 Å². The molecule has 0 aliphatic rings. The summed E-state index contributed by atoms with van der Waals surface area (Å²) in [5, 5.41) is 1.22. The number of rotatable bonds is 4. The van der Waals surface area contributed by atoms with Crippen molar-refractivity contribution in [3.63, 3.8) is 0 Å². The molecule has 100 valence electrons. The van der Waals surface area contributed by atoms with Crippen molar-refractivity contribution in [3.05, 3.63) is 29.8 Å². The monoisotopic (exact) mass is 264 g/mol. The summed E-state index contributed by atoms with van der Waals surface area (Å²) in [6.45, 7) is 12.2. The van der Waals surface area contributed by atoms with E-state index in [9.17, 15) is 4.79 Å². The topological polar surface area (TPSA) is 26.3 Å². The van der Waals surface area contributed by atoms with Crippen LogP contribution in [0.15, 0.2) is 24.3 Å². The van der Waals surface area contributed by atoms with Crippen molar-refractivity contribution < 1.29 is 9.22 Å². The van der Waals surface area contributed by atoms with Crippen molar-refractivity contribution in [1.29, 1.82) is 0 Å². The highest BCUT2D eigenvalue weighted by Gasteiger charge is 2.46. The van der Waals surface area contributed by atoms with Crippen LogP contribution in [0.5, 0.6) is 0 Å². The highest BCUT2D eigenvalue weighted by Crippen LogP contribution is 2.33. The van der Waals surface area contributed by atoms with Gasteiger partial charge in [0.2, 0.25) is 0 Å². The summed E-state index contributed by atoms with van der Waals surface area (Å²) >= 11 is 0. The summed E-state index contributed by atoms with van der Waals surface area (Å²) in [5.41, 5.74) is 1.96. The number of carbonyl (C=O) groups excluding carboxylic acids is 1. The van der Waals surface area contributed by atoms with Gasteiger partial charge in [-0.15, -0.1) is 0 Å². The predicted octanol–water partition coefficient (Wildman–Crippen LogP) is 3.53. The summed E-state index contributed by atoms with van der Waals surface area (Å²) in [6.07, 6.45) is 0. The standard InChI is InChI=1S/C15H24O2Si/c1-11(2)18(12(3)4,17-14(6)16)15-9-7-13(5)8-10-15/h7-12H,1-6H3. The fraction of sp³-hybridized carbons (Fsp3) is 0.533. The first-order chi connectivity index (χ1) is 8.30. The van der Waals surface area contributed by atoms with E-state index in [2.05, 4.69) is 58.9 Å². The van der Waals surface area contributed by atoms with Gasteiger partial charge in [0.05, 0.1) is 0 Å². The molecule has 0 saturated heterocycles. The summed E-state index contributed by atoms with van der Waals surface area (Å²) in [6, 6.07) is 8.46. The predicted molar refractivity (Wildman–Crippen MR) is 78.5 cm³/mol. The van der Waals surface area contributed by atoms with E-state index in [-0.39, 0.29) is 5.97 Å². The molecule has 0 aliphatic heterocycles. The van der Waals surface area contributed by atoms with Gasteiger partial charge in [-0.1, -0.05) is 57.5 Å². The Morgan fingerprint density at radius 2 is 1.50 bits per heavy atom. The van der Waals surface area contributed by atoms with Crippen LogP contribution in [-0.4, -0.2) is 14.3 Å². The number of hydrogen-bond donors (Lipinski definition) is 0. The van der Waals surface area contributed by atoms with Crippen molar-refractivity contribution >= 4 is 19.5 Å². The lowest BCUT2D eigenvalue weighted by Crippen LogP contribution is -2.56. The molecule has 0 unspecified atom stereocenters. The van der Waals surface area contributed by atoms with Crippen LogP contribution in [0.3, 0.4) is 0 Å². The first-order valence-electron chi connectivity index (χ1n) is 6.57. The number of carbonyl (C=O) groups is 1. The highest BCUT2D eigenvalue weighted by atomic mass is 28.4. The molecule has 0 heterocycles. The molecule has 0 aliphatic carbocycles. The van der Waals surface area contributed by atoms with Crippen LogP contribution in [0.25, 0.3) is 0 Å². The molecule has 1 aromatic carbocycles. The number of hydrogen-bond acceptors (Lipinski definition) is 2. The SMILES string of the molecule is CC(=O)O[Si](c1ccc(C)cc1)(C(C)C)C(C)C. The van der Waals surface area contributed by atoms with Crippen molar-refractivity contribution in [2.24, 2.45) is 0 Å². The molecule has 2 nitrogen and oxygen atoms in total. The molecule has 18 heavy (non-hydrogen) atoms. The van der Waals surface area contributed by atoms with Crippen molar-refractivity contribution in [2.75, 3.05) is 0 Å². The Balaban J connectivity index is 3.33. The van der Waals surface area contributed by atoms with E-state index in [1.165, 1.54) is 17.7 Å². The van der Waals surface area contributed by atoms with Crippen LogP contribution in [0, 0.1) is 6.92 Å². The van der Waals surface area contributed by atoms with Gasteiger partial charge in [0, 0.05) is 6.92 Å². The first kappa shape index (κ1) is 15.0. The second-order valence-corrected chi connectivity index (χ2v) is 10.2. The van der Waals surface area contributed by atoms with E-state index in [1.54, 1.807) is 0 Å². The number of benzene rings is 1. The van der Waals surface area contributed by atoms with Crippen molar-refractivity contribution in [2.45, 2.75) is 52.6 Å². The van der Waals surface area contributed by atoms with Gasteiger partial charge in [0.1, 0.15) is 0 Å². The third-order valence-electron chi connectivity index (χ3n) is 3.53. The zero-order chi connectivity index (χ0) is 13.9. The van der Waals surface area contributed by atoms with Gasteiger partial charge in [0.25, 0.3) is 14.3 Å². The Kier molecular flexibility index (Phi) is 4.74. The van der Waals surface area contributed by atoms with E-state index < -0.39 is 8.32 Å². The molecule has 0 radical (unpaired) electrons. The second kappa shape index (κ2) is 5.70. The minimum atomic E-state index is -2.26. The van der Waals surface area contributed by atoms with E-state index in [0.29, 0.717) is 11.1 Å². The van der Waals surface area contributed by atoms with E-state index in [1.807, 2.05) is 0 Å². The van der Waals surface area contributed by atoms with Crippen LogP contribution >= 0.6 is 0 Å². The van der Waals surface area contributed by atoms with Gasteiger partial charge < -0.3 is 4.43 Å². The maximum atomic E-state index is 11.5. The maximum absolute atomic E-state index is 11.5. The van der Waals surface area contributed by atoms with Gasteiger partial charge in [0.15, 0.2) is 0 Å². The molecule has 0 bridgehead atoms. The van der Waals surface area contributed by atoms with Crippen molar-refractivity contribution in [1.82, 2.24) is 0 Å². The molecule has 0 atom stereocenters. The summed E-state index contributed by atoms with van der Waals surface area (Å²) in [5.74, 6) is -0.162. The van der Waals surface area contributed by atoms with Crippen LogP contribution in [0.2, 0.25) is 11.1 Å². The summed E-state index contributed by atoms with van der Waals surface area (Å²) in [7, 11) is -2.26. The fourth-order valence-electron chi connectivity index (χ4n) is 2.68. The smallest absolute Gasteiger partial charge is 0.291 e. The Morgan fingerprint density at radius 1 is 1.06 bits per heavy atom.